The lowest BCUT2D eigenvalue weighted by atomic mass is 9.99. The summed E-state index contributed by atoms with van der Waals surface area (Å²) in [5.41, 5.74) is 3.28. The number of carbonyl (C=O) groups is 1. The third-order valence-corrected chi connectivity index (χ3v) is 6.89. The van der Waals surface area contributed by atoms with Crippen LogP contribution in [-0.4, -0.2) is 70.2 Å². The molecule has 0 spiro atoms. The average Bonchev–Trinajstić information content (AvgIpc) is 3.50. The van der Waals surface area contributed by atoms with Crippen LogP contribution in [0.3, 0.4) is 0 Å². The number of aliphatic imine (C=N–C) groups is 1. The number of rotatable bonds is 4. The maximum Gasteiger partial charge on any atom is 0.223 e. The van der Waals surface area contributed by atoms with Crippen LogP contribution in [0.15, 0.2) is 47.6 Å². The number of allylic oxidation sites excluding steroid dienone is 4. The van der Waals surface area contributed by atoms with Crippen LogP contribution in [0.1, 0.15) is 43.7 Å². The van der Waals surface area contributed by atoms with Crippen LogP contribution in [0.5, 0.6) is 0 Å². The van der Waals surface area contributed by atoms with Crippen LogP contribution in [0, 0.1) is 0 Å². The predicted molar refractivity (Wildman–Crippen MR) is 132 cm³/mol. The number of fused-ring (bicyclic) bond motifs is 1. The Labute approximate surface area is 198 Å². The quantitative estimate of drug-likeness (QED) is 0.760. The lowest BCUT2D eigenvalue weighted by Crippen LogP contribution is -2.43. The Kier molecular flexibility index (Phi) is 6.32. The number of halogens is 1. The highest BCUT2D eigenvalue weighted by atomic mass is 19.1. The molecule has 2 aromatic heterocycles. The molecule has 7 nitrogen and oxygen atoms in total. The Morgan fingerprint density at radius 1 is 1.24 bits per heavy atom. The molecule has 34 heavy (non-hydrogen) atoms. The predicted octanol–water partition coefficient (Wildman–Crippen LogP) is 2.60. The number of amides is 1. The van der Waals surface area contributed by atoms with E-state index in [2.05, 4.69) is 20.6 Å². The maximum absolute atomic E-state index is 13.7. The zero-order valence-corrected chi connectivity index (χ0v) is 19.8. The summed E-state index contributed by atoms with van der Waals surface area (Å²) in [6.07, 6.45) is 14.3. The van der Waals surface area contributed by atoms with E-state index in [4.69, 9.17) is 4.98 Å². The van der Waals surface area contributed by atoms with E-state index in [1.807, 2.05) is 48.7 Å². The topological polar surface area (TPSA) is 69.5 Å². The Morgan fingerprint density at radius 2 is 2.06 bits per heavy atom. The number of piperidine rings is 1. The van der Waals surface area contributed by atoms with Gasteiger partial charge in [0.25, 0.3) is 0 Å². The first kappa shape index (κ1) is 22.5. The molecule has 3 aliphatic rings. The summed E-state index contributed by atoms with van der Waals surface area (Å²) in [5, 5.41) is 1.99. The number of hydrogen-bond acceptors (Lipinski definition) is 4. The molecule has 0 aromatic carbocycles. The summed E-state index contributed by atoms with van der Waals surface area (Å²) < 4.78 is 15.9. The molecule has 1 N–H and O–H groups in total. The van der Waals surface area contributed by atoms with Crippen molar-refractivity contribution in [3.05, 3.63) is 58.9 Å². The fourth-order valence-corrected chi connectivity index (χ4v) is 5.02. The molecular weight excluding hydrogens is 431 g/mol. The van der Waals surface area contributed by atoms with Crippen molar-refractivity contribution >= 4 is 29.1 Å². The number of H-pyrrole nitrogens is 1. The van der Waals surface area contributed by atoms with Crippen LogP contribution in [0.25, 0.3) is 11.1 Å². The smallest absolute Gasteiger partial charge is 0.223 e. The van der Waals surface area contributed by atoms with Gasteiger partial charge in [-0.1, -0.05) is 6.08 Å². The highest BCUT2D eigenvalue weighted by molar-refractivity contribution is 5.88. The molecular formula is C26H31FN6O. The molecule has 0 saturated carbocycles. The van der Waals surface area contributed by atoms with Crippen LogP contribution in [0.2, 0.25) is 0 Å². The number of imidazole rings is 1. The van der Waals surface area contributed by atoms with Crippen molar-refractivity contribution in [3.8, 4) is 0 Å². The first-order valence-electron chi connectivity index (χ1n) is 12.0. The van der Waals surface area contributed by atoms with Crippen molar-refractivity contribution in [1.29, 1.82) is 0 Å². The highest BCUT2D eigenvalue weighted by Crippen LogP contribution is 2.29. The second kappa shape index (κ2) is 9.54. The standard InChI is InChI=1S/C26H31FN6O/c1-31(2)14-11-23(34)32-15-9-20(10-16-32)33-17-30-24(18-3-5-19(27)6-4-18)25(33)21-7-12-28-26-22(21)8-13-29-26/h3,5-6,8,12-13,17,20,29H,4,7,9-11,14-16H2,1-2H3. The number of aromatic nitrogens is 3. The van der Waals surface area contributed by atoms with Crippen molar-refractivity contribution in [3.63, 3.8) is 0 Å². The van der Waals surface area contributed by atoms with E-state index in [1.54, 1.807) is 6.08 Å². The Hall–Kier alpha value is -3.26. The summed E-state index contributed by atoms with van der Waals surface area (Å²) in [7, 11) is 3.98. The summed E-state index contributed by atoms with van der Waals surface area (Å²) in [4.78, 5) is 29.2. The van der Waals surface area contributed by atoms with Crippen LogP contribution < -0.4 is 10.7 Å². The third-order valence-electron chi connectivity index (χ3n) is 6.89. The molecule has 178 valence electrons. The molecule has 2 aromatic rings. The van der Waals surface area contributed by atoms with Gasteiger partial charge >= 0.3 is 0 Å². The molecule has 5 rings (SSSR count). The van der Waals surface area contributed by atoms with E-state index >= 15 is 0 Å². The Bertz CT molecular complexity index is 1290. The van der Waals surface area contributed by atoms with Crippen molar-refractivity contribution in [1.82, 2.24) is 24.3 Å². The molecule has 0 unspecified atom stereocenters. The fourth-order valence-electron chi connectivity index (χ4n) is 5.02. The van der Waals surface area contributed by atoms with Gasteiger partial charge in [-0.3, -0.25) is 4.79 Å². The first-order valence-corrected chi connectivity index (χ1v) is 12.0. The SMILES string of the molecule is CN(C)CCC(=O)N1CCC(n2cnc(=C3C=CC(F)=CC3)c2=C2CC=Nc3[nH]ccc32)CC1. The number of hydrogen-bond donors (Lipinski definition) is 1. The van der Waals surface area contributed by atoms with Gasteiger partial charge in [0.05, 0.1) is 17.0 Å². The second-order valence-corrected chi connectivity index (χ2v) is 9.40. The zero-order chi connectivity index (χ0) is 23.7. The molecule has 1 saturated heterocycles. The monoisotopic (exact) mass is 462 g/mol. The number of nitrogens with one attached hydrogen (secondary N) is 1. The number of carbonyl (C=O) groups excluding carboxylic acids is 1. The third kappa shape index (κ3) is 4.42. The Balaban J connectivity index is 1.52. The van der Waals surface area contributed by atoms with Gasteiger partial charge in [0, 0.05) is 56.5 Å². The molecule has 1 fully saturated rings. The van der Waals surface area contributed by atoms with Crippen molar-refractivity contribution in [2.75, 3.05) is 33.7 Å². The summed E-state index contributed by atoms with van der Waals surface area (Å²) in [6.45, 7) is 2.27. The normalized spacial score (nSPS) is 21.8. The van der Waals surface area contributed by atoms with E-state index in [-0.39, 0.29) is 17.8 Å². The highest BCUT2D eigenvalue weighted by Gasteiger charge is 2.26. The lowest BCUT2D eigenvalue weighted by molar-refractivity contribution is -0.132. The van der Waals surface area contributed by atoms with E-state index in [0.29, 0.717) is 19.3 Å². The molecule has 0 atom stereocenters. The van der Waals surface area contributed by atoms with Gasteiger partial charge in [-0.05, 0) is 62.7 Å². The van der Waals surface area contributed by atoms with Gasteiger partial charge in [-0.25, -0.2) is 14.4 Å². The number of aromatic amines is 1. The Morgan fingerprint density at radius 3 is 2.79 bits per heavy atom. The molecule has 1 aliphatic carbocycles. The molecule has 0 bridgehead atoms. The van der Waals surface area contributed by atoms with E-state index < -0.39 is 0 Å². The minimum absolute atomic E-state index is 0.207. The summed E-state index contributed by atoms with van der Waals surface area (Å²) >= 11 is 0. The van der Waals surface area contributed by atoms with Gasteiger partial charge in [-0.2, -0.15) is 0 Å². The van der Waals surface area contributed by atoms with Gasteiger partial charge < -0.3 is 19.4 Å². The van der Waals surface area contributed by atoms with Gasteiger partial charge in [0.15, 0.2) is 0 Å². The van der Waals surface area contributed by atoms with E-state index in [9.17, 15) is 9.18 Å². The second-order valence-electron chi connectivity index (χ2n) is 9.40. The number of likely N-dealkylation sites (tertiary alicyclic amines) is 1. The van der Waals surface area contributed by atoms with Crippen molar-refractivity contribution < 1.29 is 9.18 Å². The summed E-state index contributed by atoms with van der Waals surface area (Å²) in [5.74, 6) is 0.878. The van der Waals surface area contributed by atoms with Crippen molar-refractivity contribution in [2.24, 2.45) is 4.99 Å². The van der Waals surface area contributed by atoms with Gasteiger partial charge in [-0.15, -0.1) is 0 Å². The molecule has 4 heterocycles. The molecule has 1 amide bonds. The molecule has 2 aliphatic heterocycles. The zero-order valence-electron chi connectivity index (χ0n) is 19.8. The van der Waals surface area contributed by atoms with Crippen LogP contribution >= 0.6 is 0 Å². The first-order chi connectivity index (χ1) is 16.5. The average molecular weight is 463 g/mol. The van der Waals surface area contributed by atoms with Gasteiger partial charge in [0.2, 0.25) is 5.91 Å². The molecule has 0 radical (unpaired) electrons. The van der Waals surface area contributed by atoms with E-state index in [1.165, 1.54) is 11.6 Å². The minimum Gasteiger partial charge on any atom is -0.346 e. The maximum atomic E-state index is 13.7. The minimum atomic E-state index is -0.207. The largest absolute Gasteiger partial charge is 0.346 e. The van der Waals surface area contributed by atoms with Crippen molar-refractivity contribution in [2.45, 2.75) is 38.1 Å². The van der Waals surface area contributed by atoms with Crippen LogP contribution in [-0.2, 0) is 4.79 Å². The summed E-state index contributed by atoms with van der Waals surface area (Å²) in [6, 6.07) is 2.32. The van der Waals surface area contributed by atoms with Gasteiger partial charge in [0.1, 0.15) is 11.6 Å². The lowest BCUT2D eigenvalue weighted by Gasteiger charge is -2.33. The van der Waals surface area contributed by atoms with E-state index in [0.717, 1.165) is 60.1 Å². The number of nitrogens with zero attached hydrogens (tertiary/aromatic N) is 5. The molecule has 8 heteroatoms. The van der Waals surface area contributed by atoms with Crippen LogP contribution in [0.4, 0.5) is 10.2 Å². The fraction of sp³-hybridized carbons (Fsp3) is 0.423.